The smallest absolute Gasteiger partial charge is 0.0590 e. The Labute approximate surface area is 126 Å². The molecule has 0 saturated heterocycles. The molecule has 0 nitrogen and oxygen atoms in total. The van der Waals surface area contributed by atoms with Crippen molar-refractivity contribution in [2.45, 2.75) is 22.6 Å². The fraction of sp³-hybridized carbons (Fsp3) is 1.00. The number of rotatable bonds is 3. The highest BCUT2D eigenvalue weighted by Gasteiger charge is 2.74. The quantitative estimate of drug-likeness (QED) is 0.660. The summed E-state index contributed by atoms with van der Waals surface area (Å²) in [5.41, 5.74) is -0.776. The Morgan fingerprint density at radius 2 is 1.50 bits per heavy atom. The van der Waals surface area contributed by atoms with Crippen LogP contribution in [0.5, 0.6) is 0 Å². The molecule has 16 heavy (non-hydrogen) atoms. The predicted octanol–water partition coefficient (Wildman–Crippen LogP) is 4.53. The third-order valence-corrected chi connectivity index (χ3v) is 7.82. The average molecular weight is 345 g/mol. The van der Waals surface area contributed by atoms with Crippen LogP contribution in [0, 0.1) is 16.7 Å². The number of halogens is 6. The zero-order valence-electron chi connectivity index (χ0n) is 8.41. The molecule has 0 aliphatic heterocycles. The van der Waals surface area contributed by atoms with E-state index in [1.54, 1.807) is 0 Å². The molecule has 2 aliphatic rings. The van der Waals surface area contributed by atoms with E-state index in [1.165, 1.54) is 0 Å². The summed E-state index contributed by atoms with van der Waals surface area (Å²) in [5, 5.41) is -0.497. The Balaban J connectivity index is 2.54. The molecule has 6 heteroatoms. The first-order chi connectivity index (χ1) is 7.51. The molecule has 2 fully saturated rings. The molecule has 2 bridgehead atoms. The van der Waals surface area contributed by atoms with E-state index in [9.17, 15) is 0 Å². The summed E-state index contributed by atoms with van der Waals surface area (Å²) in [5.74, 6) is 1.33. The van der Waals surface area contributed by atoms with Gasteiger partial charge in [0.1, 0.15) is 0 Å². The molecular weight excluding hydrogens is 333 g/mol. The van der Waals surface area contributed by atoms with Gasteiger partial charge in [0.05, 0.1) is 10.8 Å². The van der Waals surface area contributed by atoms with Gasteiger partial charge in [-0.05, 0) is 12.3 Å². The summed E-state index contributed by atoms with van der Waals surface area (Å²) in [6.45, 7) is 0. The van der Waals surface area contributed by atoms with Gasteiger partial charge in [-0.2, -0.15) is 0 Å². The third-order valence-electron chi connectivity index (χ3n) is 4.51. The van der Waals surface area contributed by atoms with E-state index in [-0.39, 0.29) is 27.5 Å². The molecule has 0 aromatic rings. The van der Waals surface area contributed by atoms with E-state index >= 15 is 0 Å². The van der Waals surface area contributed by atoms with Gasteiger partial charge < -0.3 is 0 Å². The van der Waals surface area contributed by atoms with Crippen LogP contribution in [-0.2, 0) is 0 Å². The predicted molar refractivity (Wildman–Crippen MR) is 74.1 cm³/mol. The summed E-state index contributed by atoms with van der Waals surface area (Å²) in [6, 6.07) is 0. The van der Waals surface area contributed by atoms with Crippen molar-refractivity contribution in [3.8, 4) is 0 Å². The molecule has 0 heterocycles. The molecule has 0 unspecified atom stereocenters. The van der Waals surface area contributed by atoms with Gasteiger partial charge in [-0.3, -0.25) is 0 Å². The molecule has 2 saturated carbocycles. The maximum Gasteiger partial charge on any atom is 0.0590 e. The molecule has 0 aromatic heterocycles. The number of hydrogen-bond acceptors (Lipinski definition) is 0. The molecule has 0 aromatic carbocycles. The molecule has 2 aliphatic carbocycles. The van der Waals surface area contributed by atoms with Crippen molar-refractivity contribution >= 4 is 69.6 Å². The Bertz CT molecular complexity index is 278. The Hall–Kier alpha value is 1.74. The van der Waals surface area contributed by atoms with E-state index in [0.717, 1.165) is 6.42 Å². The molecule has 0 spiro atoms. The second kappa shape index (κ2) is 4.69. The minimum Gasteiger partial charge on any atom is -0.126 e. The molecule has 0 radical (unpaired) electrons. The summed E-state index contributed by atoms with van der Waals surface area (Å²) in [7, 11) is 0. The van der Waals surface area contributed by atoms with E-state index in [0.29, 0.717) is 17.6 Å². The van der Waals surface area contributed by atoms with Crippen molar-refractivity contribution < 1.29 is 0 Å². The van der Waals surface area contributed by atoms with Crippen molar-refractivity contribution in [2.24, 2.45) is 16.7 Å². The number of fused-ring (bicyclic) bond motifs is 2. The standard InChI is InChI=1S/C10H12Cl6/c11-2-9(3-12)5-1-6(14)10(9,4-13)8(16)7(5)15/h5-8H,1-4H2/t5-,6-,7-,8+,10+/m1/s1. The normalized spacial score (nSPS) is 49.9. The van der Waals surface area contributed by atoms with Crippen molar-refractivity contribution in [2.75, 3.05) is 17.6 Å². The molecule has 5 atom stereocenters. The Morgan fingerprint density at radius 3 is 1.88 bits per heavy atom. The van der Waals surface area contributed by atoms with Crippen molar-refractivity contribution in [1.82, 2.24) is 0 Å². The van der Waals surface area contributed by atoms with Crippen LogP contribution >= 0.6 is 69.6 Å². The lowest BCUT2D eigenvalue weighted by Gasteiger charge is -2.43. The van der Waals surface area contributed by atoms with Crippen LogP contribution in [0.25, 0.3) is 0 Å². The maximum atomic E-state index is 6.43. The summed E-state index contributed by atoms with van der Waals surface area (Å²) < 4.78 is 0. The summed E-state index contributed by atoms with van der Waals surface area (Å²) in [6.07, 6.45) is 0.797. The largest absolute Gasteiger partial charge is 0.126 e. The average Bonchev–Trinajstić information content (AvgIpc) is 2.65. The van der Waals surface area contributed by atoms with Crippen LogP contribution in [0.15, 0.2) is 0 Å². The van der Waals surface area contributed by atoms with Crippen LogP contribution in [0.4, 0.5) is 0 Å². The zero-order chi connectivity index (χ0) is 12.1. The molecule has 0 amide bonds. The van der Waals surface area contributed by atoms with Gasteiger partial charge in [-0.1, -0.05) is 0 Å². The summed E-state index contributed by atoms with van der Waals surface area (Å²) >= 11 is 37.6. The van der Waals surface area contributed by atoms with Gasteiger partial charge in [0.25, 0.3) is 0 Å². The first kappa shape index (κ1) is 14.2. The van der Waals surface area contributed by atoms with Gasteiger partial charge in [-0.25, -0.2) is 0 Å². The van der Waals surface area contributed by atoms with Gasteiger partial charge >= 0.3 is 0 Å². The van der Waals surface area contributed by atoms with Crippen LogP contribution < -0.4 is 0 Å². The van der Waals surface area contributed by atoms with Crippen molar-refractivity contribution in [1.29, 1.82) is 0 Å². The maximum absolute atomic E-state index is 6.43. The lowest BCUT2D eigenvalue weighted by atomic mass is 9.70. The first-order valence-corrected chi connectivity index (χ1v) is 8.03. The van der Waals surface area contributed by atoms with E-state index in [2.05, 4.69) is 0 Å². The highest BCUT2D eigenvalue weighted by molar-refractivity contribution is 6.34. The SMILES string of the molecule is ClCC1(CCl)[C@@H]2C[C@@H](Cl)[C@@]1(CCl)[C@@H](Cl)[C@@H]2Cl. The lowest BCUT2D eigenvalue weighted by Crippen LogP contribution is -2.49. The van der Waals surface area contributed by atoms with Crippen molar-refractivity contribution in [3.63, 3.8) is 0 Å². The summed E-state index contributed by atoms with van der Waals surface area (Å²) in [4.78, 5) is 0. The van der Waals surface area contributed by atoms with E-state index in [1.807, 2.05) is 0 Å². The molecule has 0 N–H and O–H groups in total. The van der Waals surface area contributed by atoms with Crippen molar-refractivity contribution in [3.05, 3.63) is 0 Å². The molecular formula is C10H12Cl6. The van der Waals surface area contributed by atoms with Crippen LogP contribution in [0.3, 0.4) is 0 Å². The minimum atomic E-state index is -0.446. The zero-order valence-corrected chi connectivity index (χ0v) is 12.9. The van der Waals surface area contributed by atoms with Crippen LogP contribution in [-0.4, -0.2) is 33.8 Å². The van der Waals surface area contributed by atoms with Gasteiger partial charge in [0, 0.05) is 33.8 Å². The van der Waals surface area contributed by atoms with Crippen LogP contribution in [0.1, 0.15) is 6.42 Å². The third kappa shape index (κ3) is 1.38. The monoisotopic (exact) mass is 342 g/mol. The molecule has 94 valence electrons. The Morgan fingerprint density at radius 1 is 0.938 bits per heavy atom. The van der Waals surface area contributed by atoms with E-state index < -0.39 is 5.41 Å². The highest BCUT2D eigenvalue weighted by atomic mass is 35.5. The van der Waals surface area contributed by atoms with Gasteiger partial charge in [-0.15, -0.1) is 69.6 Å². The fourth-order valence-electron chi connectivity index (χ4n) is 3.46. The highest BCUT2D eigenvalue weighted by Crippen LogP contribution is 2.71. The van der Waals surface area contributed by atoms with Gasteiger partial charge in [0.15, 0.2) is 0 Å². The minimum absolute atomic E-state index is 0.0926. The Kier molecular flexibility index (Phi) is 4.15. The first-order valence-electron chi connectivity index (χ1n) is 5.12. The second-order valence-electron chi connectivity index (χ2n) is 4.75. The fourth-order valence-corrected chi connectivity index (χ4v) is 7.29. The molecule has 2 rings (SSSR count). The lowest BCUT2D eigenvalue weighted by molar-refractivity contribution is 0.170. The second-order valence-corrected chi connectivity index (χ2v) is 7.06. The number of alkyl halides is 6. The van der Waals surface area contributed by atoms with Crippen LogP contribution in [0.2, 0.25) is 0 Å². The van der Waals surface area contributed by atoms with E-state index in [4.69, 9.17) is 69.6 Å². The topological polar surface area (TPSA) is 0 Å². The van der Waals surface area contributed by atoms with Gasteiger partial charge in [0.2, 0.25) is 0 Å². The number of hydrogen-bond donors (Lipinski definition) is 0.